The van der Waals surface area contributed by atoms with Gasteiger partial charge in [-0.3, -0.25) is 0 Å². The first-order chi connectivity index (χ1) is 8.40. The van der Waals surface area contributed by atoms with Crippen molar-refractivity contribution in [3.8, 4) is 5.75 Å². The molecule has 0 aliphatic heterocycles. The van der Waals surface area contributed by atoms with Crippen LogP contribution in [0, 0.1) is 0 Å². The zero-order chi connectivity index (χ0) is 13.8. The molecule has 0 saturated carbocycles. The molecule has 1 rings (SSSR count). The third-order valence-corrected chi connectivity index (χ3v) is 5.16. The Kier molecular flexibility index (Phi) is 4.76. The molecule has 0 spiro atoms. The lowest BCUT2D eigenvalue weighted by molar-refractivity contribution is 0.341. The highest BCUT2D eigenvalue weighted by molar-refractivity contribution is 7.89. The Hall–Kier alpha value is -1.07. The van der Waals surface area contributed by atoms with Gasteiger partial charge in [-0.25, -0.2) is 13.1 Å². The molecular weight excluding hydrogens is 250 g/mol. The molecule has 0 aliphatic carbocycles. The minimum atomic E-state index is -3.68. The van der Waals surface area contributed by atoms with E-state index in [1.165, 1.54) is 12.1 Å². The fourth-order valence-electron chi connectivity index (χ4n) is 1.99. The van der Waals surface area contributed by atoms with Crippen molar-refractivity contribution in [3.05, 3.63) is 24.3 Å². The van der Waals surface area contributed by atoms with E-state index < -0.39 is 15.6 Å². The topological polar surface area (TPSA) is 66.4 Å². The van der Waals surface area contributed by atoms with Crippen LogP contribution in [-0.4, -0.2) is 19.1 Å². The number of hydrogen-bond donors (Lipinski definition) is 2. The van der Waals surface area contributed by atoms with Gasteiger partial charge in [0.1, 0.15) is 10.6 Å². The monoisotopic (exact) mass is 271 g/mol. The molecule has 1 aromatic rings. The molecule has 0 saturated heterocycles. The van der Waals surface area contributed by atoms with Crippen LogP contribution in [0.4, 0.5) is 0 Å². The van der Waals surface area contributed by atoms with Crippen molar-refractivity contribution in [2.45, 2.75) is 50.5 Å². The Balaban J connectivity index is 3.13. The highest BCUT2D eigenvalue weighted by Crippen LogP contribution is 2.26. The van der Waals surface area contributed by atoms with Gasteiger partial charge in [-0.1, -0.05) is 32.9 Å². The predicted molar refractivity (Wildman–Crippen MR) is 72.0 cm³/mol. The lowest BCUT2D eigenvalue weighted by Gasteiger charge is -2.31. The van der Waals surface area contributed by atoms with E-state index in [-0.39, 0.29) is 10.6 Å². The molecule has 102 valence electrons. The van der Waals surface area contributed by atoms with E-state index in [1.54, 1.807) is 12.1 Å². The van der Waals surface area contributed by atoms with Gasteiger partial charge in [0.25, 0.3) is 0 Å². The van der Waals surface area contributed by atoms with Crippen molar-refractivity contribution >= 4 is 10.0 Å². The summed E-state index contributed by atoms with van der Waals surface area (Å²) in [6, 6.07) is 5.98. The van der Waals surface area contributed by atoms with Gasteiger partial charge in [0.05, 0.1) is 0 Å². The van der Waals surface area contributed by atoms with E-state index in [2.05, 4.69) is 4.72 Å². The largest absolute Gasteiger partial charge is 0.507 e. The second-order valence-electron chi connectivity index (χ2n) is 4.41. The van der Waals surface area contributed by atoms with E-state index in [0.29, 0.717) is 19.3 Å². The normalized spacial score (nSPS) is 12.6. The maximum atomic E-state index is 12.3. The number of rotatable bonds is 6. The van der Waals surface area contributed by atoms with Crippen LogP contribution in [0.5, 0.6) is 5.75 Å². The average molecular weight is 271 g/mol. The van der Waals surface area contributed by atoms with Gasteiger partial charge in [0.2, 0.25) is 10.0 Å². The highest BCUT2D eigenvalue weighted by atomic mass is 32.2. The Labute approximate surface area is 109 Å². The molecule has 4 nitrogen and oxygen atoms in total. The number of sulfonamides is 1. The second-order valence-corrected chi connectivity index (χ2v) is 6.07. The minimum absolute atomic E-state index is 0.0651. The van der Waals surface area contributed by atoms with Crippen LogP contribution >= 0.6 is 0 Å². The molecule has 0 amide bonds. The lowest BCUT2D eigenvalue weighted by atomic mass is 9.91. The van der Waals surface area contributed by atoms with E-state index >= 15 is 0 Å². The van der Waals surface area contributed by atoms with Gasteiger partial charge in [0, 0.05) is 5.54 Å². The van der Waals surface area contributed by atoms with Gasteiger partial charge >= 0.3 is 0 Å². The SMILES string of the molecule is CCC(CC)(CC)NS(=O)(=O)c1ccccc1O. The molecule has 0 fully saturated rings. The predicted octanol–water partition coefficient (Wildman–Crippen LogP) is 2.64. The summed E-state index contributed by atoms with van der Waals surface area (Å²) in [4.78, 5) is -0.0651. The highest BCUT2D eigenvalue weighted by Gasteiger charge is 2.31. The number of para-hydroxylation sites is 1. The Morgan fingerprint density at radius 2 is 1.61 bits per heavy atom. The standard InChI is InChI=1S/C13H21NO3S/c1-4-13(5-2,6-3)14-18(16,17)12-10-8-7-9-11(12)15/h7-10,14-15H,4-6H2,1-3H3. The van der Waals surface area contributed by atoms with E-state index in [1.807, 2.05) is 20.8 Å². The fourth-order valence-corrected chi connectivity index (χ4v) is 3.71. The third kappa shape index (κ3) is 3.03. The van der Waals surface area contributed by atoms with Crippen LogP contribution in [0.25, 0.3) is 0 Å². The molecule has 1 aromatic carbocycles. The number of hydrogen-bond acceptors (Lipinski definition) is 3. The average Bonchev–Trinajstić information content (AvgIpc) is 2.36. The first-order valence-electron chi connectivity index (χ1n) is 6.22. The van der Waals surface area contributed by atoms with Gasteiger partial charge in [-0.2, -0.15) is 0 Å². The second kappa shape index (κ2) is 5.71. The van der Waals surface area contributed by atoms with Gasteiger partial charge in [-0.05, 0) is 31.4 Å². The van der Waals surface area contributed by atoms with Crippen molar-refractivity contribution in [3.63, 3.8) is 0 Å². The Morgan fingerprint density at radius 3 is 2.06 bits per heavy atom. The molecule has 0 unspecified atom stereocenters. The number of aromatic hydroxyl groups is 1. The lowest BCUT2D eigenvalue weighted by Crippen LogP contribution is -2.46. The first-order valence-corrected chi connectivity index (χ1v) is 7.71. The number of phenolic OH excluding ortho intramolecular Hbond substituents is 1. The summed E-state index contributed by atoms with van der Waals surface area (Å²) in [5, 5.41) is 9.64. The zero-order valence-corrected chi connectivity index (χ0v) is 11.9. The van der Waals surface area contributed by atoms with Crippen LogP contribution in [-0.2, 0) is 10.0 Å². The smallest absolute Gasteiger partial charge is 0.244 e. The van der Waals surface area contributed by atoms with Crippen LogP contribution in [0.3, 0.4) is 0 Å². The molecule has 0 radical (unpaired) electrons. The summed E-state index contributed by atoms with van der Waals surface area (Å²) in [6.45, 7) is 5.88. The Bertz CT molecular complexity index is 484. The summed E-state index contributed by atoms with van der Waals surface area (Å²) in [5.41, 5.74) is -0.443. The van der Waals surface area contributed by atoms with Crippen molar-refractivity contribution < 1.29 is 13.5 Å². The molecule has 5 heteroatoms. The third-order valence-electron chi connectivity index (χ3n) is 3.54. The van der Waals surface area contributed by atoms with Crippen LogP contribution in [0.1, 0.15) is 40.0 Å². The van der Waals surface area contributed by atoms with Crippen molar-refractivity contribution in [1.29, 1.82) is 0 Å². The molecule has 0 heterocycles. The molecule has 0 atom stereocenters. The van der Waals surface area contributed by atoms with Gasteiger partial charge in [-0.15, -0.1) is 0 Å². The van der Waals surface area contributed by atoms with E-state index in [0.717, 1.165) is 0 Å². The maximum absolute atomic E-state index is 12.3. The molecule has 0 bridgehead atoms. The van der Waals surface area contributed by atoms with Crippen molar-refractivity contribution in [2.24, 2.45) is 0 Å². The summed E-state index contributed by atoms with van der Waals surface area (Å²) in [7, 11) is -3.68. The quantitative estimate of drug-likeness (QED) is 0.836. The van der Waals surface area contributed by atoms with Crippen LogP contribution in [0.2, 0.25) is 0 Å². The summed E-state index contributed by atoms with van der Waals surface area (Å²) < 4.78 is 27.3. The molecule has 2 N–H and O–H groups in total. The van der Waals surface area contributed by atoms with Crippen LogP contribution < -0.4 is 4.72 Å². The molecule has 18 heavy (non-hydrogen) atoms. The summed E-state index contributed by atoms with van der Waals surface area (Å²) >= 11 is 0. The number of phenols is 1. The van der Waals surface area contributed by atoms with Gasteiger partial charge in [0.15, 0.2) is 0 Å². The number of benzene rings is 1. The first kappa shape index (κ1) is 15.0. The molecule has 0 aromatic heterocycles. The van der Waals surface area contributed by atoms with Crippen molar-refractivity contribution in [2.75, 3.05) is 0 Å². The van der Waals surface area contributed by atoms with E-state index in [9.17, 15) is 13.5 Å². The molecule has 0 aliphatic rings. The zero-order valence-electron chi connectivity index (χ0n) is 11.1. The minimum Gasteiger partial charge on any atom is -0.507 e. The van der Waals surface area contributed by atoms with Crippen LogP contribution in [0.15, 0.2) is 29.2 Å². The number of nitrogens with one attached hydrogen (secondary N) is 1. The fraction of sp³-hybridized carbons (Fsp3) is 0.538. The van der Waals surface area contributed by atoms with Gasteiger partial charge < -0.3 is 5.11 Å². The Morgan fingerprint density at radius 1 is 1.11 bits per heavy atom. The molecular formula is C13H21NO3S. The summed E-state index contributed by atoms with van der Waals surface area (Å²) in [5.74, 6) is -0.220. The van der Waals surface area contributed by atoms with E-state index in [4.69, 9.17) is 0 Å². The maximum Gasteiger partial charge on any atom is 0.244 e. The summed E-state index contributed by atoms with van der Waals surface area (Å²) in [6.07, 6.45) is 2.15. The van der Waals surface area contributed by atoms with Crippen molar-refractivity contribution in [1.82, 2.24) is 4.72 Å².